The number of likely N-dealkylation sites (tertiary alicyclic amines) is 1. The summed E-state index contributed by atoms with van der Waals surface area (Å²) in [7, 11) is 0. The van der Waals surface area contributed by atoms with Crippen molar-refractivity contribution in [3.8, 4) is 0 Å². The fourth-order valence-electron chi connectivity index (χ4n) is 3.45. The predicted octanol–water partition coefficient (Wildman–Crippen LogP) is 5.48. The summed E-state index contributed by atoms with van der Waals surface area (Å²) in [6.07, 6.45) is 10.3. The third-order valence-electron chi connectivity index (χ3n) is 4.60. The SMILES string of the molecule is CCCCCCCCC[C@H]1CC(=O)C[C@@H](C)N1C(=O)OC(C)(C)C. The van der Waals surface area contributed by atoms with Gasteiger partial charge in [-0.2, -0.15) is 0 Å². The van der Waals surface area contributed by atoms with Crippen LogP contribution in [0.1, 0.15) is 98.8 Å². The molecule has 1 aliphatic heterocycles. The Bertz CT molecular complexity index is 400. The molecule has 0 N–H and O–H groups in total. The zero-order chi connectivity index (χ0) is 18.2. The van der Waals surface area contributed by atoms with E-state index in [0.717, 1.165) is 12.8 Å². The molecule has 0 unspecified atom stereocenters. The van der Waals surface area contributed by atoms with Gasteiger partial charge >= 0.3 is 6.09 Å². The van der Waals surface area contributed by atoms with Crippen molar-refractivity contribution >= 4 is 11.9 Å². The summed E-state index contributed by atoms with van der Waals surface area (Å²) in [5.74, 6) is 0.273. The minimum Gasteiger partial charge on any atom is -0.444 e. The molecule has 0 aromatic rings. The largest absolute Gasteiger partial charge is 0.444 e. The number of Topliss-reactive ketones (excluding diaryl/α,β-unsaturated/α-hetero) is 1. The smallest absolute Gasteiger partial charge is 0.410 e. The average Bonchev–Trinajstić information content (AvgIpc) is 2.43. The van der Waals surface area contributed by atoms with E-state index in [1.54, 1.807) is 0 Å². The van der Waals surface area contributed by atoms with E-state index in [0.29, 0.717) is 12.8 Å². The number of carbonyl (C=O) groups excluding carboxylic acids is 2. The molecule has 2 atom stereocenters. The van der Waals surface area contributed by atoms with Gasteiger partial charge in [0.25, 0.3) is 0 Å². The average molecular weight is 340 g/mol. The summed E-state index contributed by atoms with van der Waals surface area (Å²) in [5.41, 5.74) is -0.498. The second-order valence-corrected chi connectivity index (χ2v) is 8.25. The first-order valence-electron chi connectivity index (χ1n) is 9.77. The Balaban J connectivity index is 2.50. The van der Waals surface area contributed by atoms with Crippen molar-refractivity contribution in [2.24, 2.45) is 0 Å². The Hall–Kier alpha value is -1.06. The highest BCUT2D eigenvalue weighted by molar-refractivity contribution is 5.83. The summed E-state index contributed by atoms with van der Waals surface area (Å²) < 4.78 is 5.56. The van der Waals surface area contributed by atoms with Crippen molar-refractivity contribution in [3.63, 3.8) is 0 Å². The van der Waals surface area contributed by atoms with E-state index in [9.17, 15) is 9.59 Å². The van der Waals surface area contributed by atoms with Gasteiger partial charge in [0.2, 0.25) is 0 Å². The third-order valence-corrected chi connectivity index (χ3v) is 4.60. The van der Waals surface area contributed by atoms with Gasteiger partial charge in [0.15, 0.2) is 0 Å². The van der Waals surface area contributed by atoms with Crippen LogP contribution >= 0.6 is 0 Å². The Labute approximate surface area is 148 Å². The van der Waals surface area contributed by atoms with E-state index in [1.165, 1.54) is 38.5 Å². The van der Waals surface area contributed by atoms with E-state index >= 15 is 0 Å². The first-order chi connectivity index (χ1) is 11.2. The molecule has 140 valence electrons. The molecule has 0 aromatic carbocycles. The summed E-state index contributed by atoms with van der Waals surface area (Å²) in [5, 5.41) is 0. The number of ketones is 1. The molecule has 1 amide bonds. The molecule has 1 heterocycles. The molecule has 0 saturated carbocycles. The van der Waals surface area contributed by atoms with Crippen molar-refractivity contribution in [3.05, 3.63) is 0 Å². The maximum Gasteiger partial charge on any atom is 0.410 e. The number of ether oxygens (including phenoxy) is 1. The lowest BCUT2D eigenvalue weighted by Crippen LogP contribution is -2.52. The van der Waals surface area contributed by atoms with Gasteiger partial charge < -0.3 is 9.64 Å². The molecule has 4 heteroatoms. The lowest BCUT2D eigenvalue weighted by Gasteiger charge is -2.40. The number of amides is 1. The molecular weight excluding hydrogens is 302 g/mol. The van der Waals surface area contributed by atoms with Gasteiger partial charge in [-0.3, -0.25) is 4.79 Å². The zero-order valence-corrected chi connectivity index (χ0v) is 16.4. The predicted molar refractivity (Wildman–Crippen MR) is 98.2 cm³/mol. The van der Waals surface area contributed by atoms with E-state index in [-0.39, 0.29) is 24.0 Å². The summed E-state index contributed by atoms with van der Waals surface area (Å²) in [6.45, 7) is 9.84. The van der Waals surface area contributed by atoms with Crippen LogP contribution in [0.3, 0.4) is 0 Å². The van der Waals surface area contributed by atoms with Crippen LogP contribution in [-0.4, -0.2) is 34.5 Å². The van der Waals surface area contributed by atoms with E-state index in [4.69, 9.17) is 4.74 Å². The molecule has 1 rings (SSSR count). The molecule has 1 saturated heterocycles. The lowest BCUT2D eigenvalue weighted by molar-refractivity contribution is -0.124. The maximum absolute atomic E-state index is 12.5. The molecule has 4 nitrogen and oxygen atoms in total. The Morgan fingerprint density at radius 1 is 1.08 bits per heavy atom. The molecule has 0 bridgehead atoms. The highest BCUT2D eigenvalue weighted by atomic mass is 16.6. The zero-order valence-electron chi connectivity index (χ0n) is 16.4. The maximum atomic E-state index is 12.5. The van der Waals surface area contributed by atoms with Crippen molar-refractivity contribution < 1.29 is 14.3 Å². The van der Waals surface area contributed by atoms with Gasteiger partial charge in [-0.05, 0) is 34.1 Å². The highest BCUT2D eigenvalue weighted by Crippen LogP contribution is 2.27. The van der Waals surface area contributed by atoms with Crippen molar-refractivity contribution in [2.75, 3.05) is 0 Å². The lowest BCUT2D eigenvalue weighted by atomic mass is 9.92. The Kier molecular flexibility index (Phi) is 8.79. The van der Waals surface area contributed by atoms with E-state index in [2.05, 4.69) is 6.92 Å². The van der Waals surface area contributed by atoms with Crippen LogP contribution < -0.4 is 0 Å². The van der Waals surface area contributed by atoms with Gasteiger partial charge in [0, 0.05) is 24.9 Å². The molecule has 1 aliphatic rings. The fraction of sp³-hybridized carbons (Fsp3) is 0.900. The standard InChI is InChI=1S/C20H37NO3/c1-6-7-8-9-10-11-12-13-17-15-18(22)14-16(2)21(17)19(23)24-20(3,4)5/h16-17H,6-15H2,1-5H3/t16-,17+/m1/s1. The van der Waals surface area contributed by atoms with Gasteiger partial charge in [-0.15, -0.1) is 0 Å². The fourth-order valence-corrected chi connectivity index (χ4v) is 3.45. The van der Waals surface area contributed by atoms with Crippen LogP contribution in [0.25, 0.3) is 0 Å². The molecule has 1 fully saturated rings. The normalized spacial score (nSPS) is 21.9. The number of carbonyl (C=O) groups is 2. The van der Waals surface area contributed by atoms with Gasteiger partial charge in [-0.25, -0.2) is 4.79 Å². The number of nitrogens with zero attached hydrogens (tertiary/aromatic N) is 1. The first kappa shape index (κ1) is 21.0. The highest BCUT2D eigenvalue weighted by Gasteiger charge is 2.37. The number of unbranched alkanes of at least 4 members (excludes halogenated alkanes) is 6. The van der Waals surface area contributed by atoms with Crippen LogP contribution in [0, 0.1) is 0 Å². The van der Waals surface area contributed by atoms with Crippen molar-refractivity contribution in [1.82, 2.24) is 4.90 Å². The van der Waals surface area contributed by atoms with E-state index < -0.39 is 5.60 Å². The van der Waals surface area contributed by atoms with Gasteiger partial charge in [-0.1, -0.05) is 51.9 Å². The first-order valence-corrected chi connectivity index (χ1v) is 9.77. The Morgan fingerprint density at radius 2 is 1.67 bits per heavy atom. The second kappa shape index (κ2) is 10.0. The monoisotopic (exact) mass is 339 g/mol. The number of hydrogen-bond acceptors (Lipinski definition) is 3. The topological polar surface area (TPSA) is 46.6 Å². The van der Waals surface area contributed by atoms with Crippen molar-refractivity contribution in [1.29, 1.82) is 0 Å². The van der Waals surface area contributed by atoms with Crippen LogP contribution in [0.4, 0.5) is 4.79 Å². The molecule has 0 aliphatic carbocycles. The van der Waals surface area contributed by atoms with Crippen LogP contribution in [-0.2, 0) is 9.53 Å². The quantitative estimate of drug-likeness (QED) is 0.550. The Morgan fingerprint density at radius 3 is 2.25 bits per heavy atom. The molecule has 0 spiro atoms. The second-order valence-electron chi connectivity index (χ2n) is 8.25. The number of piperidine rings is 1. The molecular formula is C20H37NO3. The summed E-state index contributed by atoms with van der Waals surface area (Å²) in [6, 6.07) is -0.0533. The molecule has 0 aromatic heterocycles. The van der Waals surface area contributed by atoms with Gasteiger partial charge in [0.1, 0.15) is 11.4 Å². The molecule has 24 heavy (non-hydrogen) atoms. The minimum absolute atomic E-state index is 0.00624. The summed E-state index contributed by atoms with van der Waals surface area (Å²) in [4.78, 5) is 26.3. The minimum atomic E-state index is -0.498. The van der Waals surface area contributed by atoms with E-state index in [1.807, 2.05) is 32.6 Å². The van der Waals surface area contributed by atoms with Crippen LogP contribution in [0.15, 0.2) is 0 Å². The summed E-state index contributed by atoms with van der Waals surface area (Å²) >= 11 is 0. The number of rotatable bonds is 8. The third kappa shape index (κ3) is 7.67. The number of hydrogen-bond donors (Lipinski definition) is 0. The van der Waals surface area contributed by atoms with Crippen LogP contribution in [0.5, 0.6) is 0 Å². The van der Waals surface area contributed by atoms with Gasteiger partial charge in [0.05, 0.1) is 0 Å². The van der Waals surface area contributed by atoms with Crippen molar-refractivity contribution in [2.45, 2.75) is 117 Å². The van der Waals surface area contributed by atoms with Crippen LogP contribution in [0.2, 0.25) is 0 Å². The molecule has 0 radical (unpaired) electrons.